The van der Waals surface area contributed by atoms with E-state index >= 15 is 0 Å². The number of rotatable bonds is 6. The fourth-order valence-corrected chi connectivity index (χ4v) is 3.64. The van der Waals surface area contributed by atoms with Gasteiger partial charge in [0, 0.05) is 17.7 Å². The number of halogens is 1. The third kappa shape index (κ3) is 3.75. The minimum Gasteiger partial charge on any atom is -0.507 e. The molecule has 1 aliphatic heterocycles. The molecule has 1 unspecified atom stereocenters. The lowest BCUT2D eigenvalue weighted by Crippen LogP contribution is -2.30. The van der Waals surface area contributed by atoms with Crippen LogP contribution in [0.3, 0.4) is 0 Å². The van der Waals surface area contributed by atoms with Crippen molar-refractivity contribution in [2.45, 2.75) is 33.2 Å². The first-order valence-electron chi connectivity index (χ1n) is 9.67. The molecule has 1 saturated heterocycles. The highest BCUT2D eigenvalue weighted by Gasteiger charge is 2.46. The van der Waals surface area contributed by atoms with Crippen LogP contribution in [0.4, 0.5) is 4.39 Å². The lowest BCUT2D eigenvalue weighted by molar-refractivity contribution is -0.139. The summed E-state index contributed by atoms with van der Waals surface area (Å²) in [6, 6.07) is 10.0. The van der Waals surface area contributed by atoms with E-state index in [-0.39, 0.29) is 23.4 Å². The van der Waals surface area contributed by atoms with Crippen molar-refractivity contribution < 1.29 is 23.8 Å². The molecule has 29 heavy (non-hydrogen) atoms. The summed E-state index contributed by atoms with van der Waals surface area (Å²) < 4.78 is 20.1. The van der Waals surface area contributed by atoms with Gasteiger partial charge < -0.3 is 14.7 Å². The van der Waals surface area contributed by atoms with E-state index < -0.39 is 23.5 Å². The first kappa shape index (κ1) is 20.6. The summed E-state index contributed by atoms with van der Waals surface area (Å²) in [5.74, 6) is -1.73. The Kier molecular flexibility index (Phi) is 6.01. The smallest absolute Gasteiger partial charge is 0.295 e. The molecule has 1 atom stereocenters. The average Bonchev–Trinajstić information content (AvgIpc) is 2.94. The summed E-state index contributed by atoms with van der Waals surface area (Å²) in [6.07, 6.45) is 0.597. The van der Waals surface area contributed by atoms with Gasteiger partial charge in [-0.15, -0.1) is 0 Å². The van der Waals surface area contributed by atoms with E-state index in [4.69, 9.17) is 4.74 Å². The fourth-order valence-electron chi connectivity index (χ4n) is 3.64. The minimum absolute atomic E-state index is 0.0999. The molecule has 2 aromatic carbocycles. The lowest BCUT2D eigenvalue weighted by Gasteiger charge is -2.25. The van der Waals surface area contributed by atoms with Crippen LogP contribution in [-0.2, 0) is 9.59 Å². The standard InChI is InChI=1S/C23H24FNO4/c1-4-12-25-20(16-8-6-7-9-17(16)24)19(22(27)23(25)28)21(26)15-10-11-18(29-5-2)14(3)13-15/h6-11,13,20,26H,4-5,12H2,1-3H3/b21-19+. The molecular formula is C23H24FNO4. The van der Waals surface area contributed by atoms with Crippen LogP contribution >= 0.6 is 0 Å². The Labute approximate surface area is 169 Å². The SMILES string of the molecule is CCCN1C(=O)C(=O)/C(=C(/O)c2ccc(OCC)c(C)c2)C1c1ccccc1F. The molecule has 152 valence electrons. The van der Waals surface area contributed by atoms with Crippen molar-refractivity contribution >= 4 is 17.4 Å². The number of likely N-dealkylation sites (tertiary alicyclic amines) is 1. The van der Waals surface area contributed by atoms with Crippen LogP contribution in [0.1, 0.15) is 43.0 Å². The predicted octanol–water partition coefficient (Wildman–Crippen LogP) is 4.36. The van der Waals surface area contributed by atoms with Gasteiger partial charge in [-0.1, -0.05) is 25.1 Å². The van der Waals surface area contributed by atoms with Crippen molar-refractivity contribution in [1.82, 2.24) is 4.90 Å². The van der Waals surface area contributed by atoms with Gasteiger partial charge in [-0.05, 0) is 50.1 Å². The number of carbonyl (C=O) groups excluding carboxylic acids is 2. The number of aliphatic hydroxyl groups is 1. The minimum atomic E-state index is -0.969. The second-order valence-electron chi connectivity index (χ2n) is 6.93. The largest absolute Gasteiger partial charge is 0.507 e. The van der Waals surface area contributed by atoms with Crippen LogP contribution in [0.5, 0.6) is 5.75 Å². The molecule has 0 aromatic heterocycles. The van der Waals surface area contributed by atoms with E-state index in [0.717, 1.165) is 5.56 Å². The third-order valence-corrected chi connectivity index (χ3v) is 4.95. The van der Waals surface area contributed by atoms with E-state index in [0.29, 0.717) is 24.3 Å². The van der Waals surface area contributed by atoms with Gasteiger partial charge >= 0.3 is 0 Å². The third-order valence-electron chi connectivity index (χ3n) is 4.95. The summed E-state index contributed by atoms with van der Waals surface area (Å²) in [6.45, 7) is 6.35. The number of benzene rings is 2. The van der Waals surface area contributed by atoms with Crippen molar-refractivity contribution in [3.05, 3.63) is 70.5 Å². The summed E-state index contributed by atoms with van der Waals surface area (Å²) in [7, 11) is 0. The summed E-state index contributed by atoms with van der Waals surface area (Å²) >= 11 is 0. The first-order valence-corrected chi connectivity index (χ1v) is 9.67. The zero-order valence-corrected chi connectivity index (χ0v) is 16.7. The van der Waals surface area contributed by atoms with E-state index in [2.05, 4.69) is 0 Å². The number of aliphatic hydroxyl groups excluding tert-OH is 1. The van der Waals surface area contributed by atoms with Gasteiger partial charge in [-0.2, -0.15) is 0 Å². The van der Waals surface area contributed by atoms with Crippen LogP contribution < -0.4 is 4.74 Å². The van der Waals surface area contributed by atoms with E-state index in [1.807, 2.05) is 20.8 Å². The van der Waals surface area contributed by atoms with Crippen LogP contribution in [0.2, 0.25) is 0 Å². The predicted molar refractivity (Wildman–Crippen MR) is 108 cm³/mol. The van der Waals surface area contributed by atoms with Crippen molar-refractivity contribution in [2.75, 3.05) is 13.2 Å². The quantitative estimate of drug-likeness (QED) is 0.447. The van der Waals surface area contributed by atoms with Crippen LogP contribution in [0.15, 0.2) is 48.0 Å². The van der Waals surface area contributed by atoms with Gasteiger partial charge in [0.1, 0.15) is 17.3 Å². The fraction of sp³-hybridized carbons (Fsp3) is 0.304. The molecule has 0 aliphatic carbocycles. The van der Waals surface area contributed by atoms with Gasteiger partial charge in [0.15, 0.2) is 0 Å². The number of amides is 1. The highest BCUT2D eigenvalue weighted by atomic mass is 19.1. The maximum Gasteiger partial charge on any atom is 0.295 e. The number of ether oxygens (including phenoxy) is 1. The highest BCUT2D eigenvalue weighted by molar-refractivity contribution is 6.46. The van der Waals surface area contributed by atoms with Crippen molar-refractivity contribution in [2.24, 2.45) is 0 Å². The molecule has 3 rings (SSSR count). The molecule has 0 saturated carbocycles. The maximum atomic E-state index is 14.6. The highest BCUT2D eigenvalue weighted by Crippen LogP contribution is 2.40. The van der Waals surface area contributed by atoms with Gasteiger partial charge in [-0.3, -0.25) is 9.59 Å². The normalized spacial score (nSPS) is 18.3. The molecule has 1 N–H and O–H groups in total. The van der Waals surface area contributed by atoms with E-state index in [1.165, 1.54) is 17.0 Å². The number of hydrogen-bond donors (Lipinski definition) is 1. The molecule has 2 aromatic rings. The Morgan fingerprint density at radius 3 is 2.52 bits per heavy atom. The molecule has 6 heteroatoms. The van der Waals surface area contributed by atoms with Crippen molar-refractivity contribution in [3.8, 4) is 5.75 Å². The van der Waals surface area contributed by atoms with Gasteiger partial charge in [0.2, 0.25) is 0 Å². The zero-order chi connectivity index (χ0) is 21.1. The molecule has 1 heterocycles. The number of hydrogen-bond acceptors (Lipinski definition) is 4. The van der Waals surface area contributed by atoms with Gasteiger partial charge in [0.05, 0.1) is 18.2 Å². The zero-order valence-electron chi connectivity index (χ0n) is 16.7. The number of nitrogens with zero attached hydrogens (tertiary/aromatic N) is 1. The van der Waals surface area contributed by atoms with E-state index in [9.17, 15) is 19.1 Å². The van der Waals surface area contributed by atoms with Crippen LogP contribution in [0.25, 0.3) is 5.76 Å². The van der Waals surface area contributed by atoms with Crippen molar-refractivity contribution in [1.29, 1.82) is 0 Å². The molecule has 1 aliphatic rings. The van der Waals surface area contributed by atoms with Crippen molar-refractivity contribution in [3.63, 3.8) is 0 Å². The number of ketones is 1. The average molecular weight is 397 g/mol. The molecule has 1 fully saturated rings. The monoisotopic (exact) mass is 397 g/mol. The Bertz CT molecular complexity index is 983. The van der Waals surface area contributed by atoms with Crippen LogP contribution in [0, 0.1) is 12.7 Å². The number of carbonyl (C=O) groups is 2. The van der Waals surface area contributed by atoms with Crippen LogP contribution in [-0.4, -0.2) is 34.8 Å². The van der Waals surface area contributed by atoms with E-state index in [1.54, 1.807) is 30.3 Å². The lowest BCUT2D eigenvalue weighted by atomic mass is 9.94. The Hall–Kier alpha value is -3.15. The van der Waals surface area contributed by atoms with Gasteiger partial charge in [0.25, 0.3) is 11.7 Å². The second-order valence-corrected chi connectivity index (χ2v) is 6.93. The molecular weight excluding hydrogens is 373 g/mol. The van der Waals surface area contributed by atoms with Gasteiger partial charge in [-0.25, -0.2) is 4.39 Å². The molecule has 0 radical (unpaired) electrons. The Balaban J connectivity index is 2.18. The molecule has 1 amide bonds. The topological polar surface area (TPSA) is 66.8 Å². The molecule has 0 spiro atoms. The molecule has 5 nitrogen and oxygen atoms in total. The maximum absolute atomic E-state index is 14.6. The summed E-state index contributed by atoms with van der Waals surface area (Å²) in [4.78, 5) is 26.8. The summed E-state index contributed by atoms with van der Waals surface area (Å²) in [5.41, 5.74) is 1.24. The Morgan fingerprint density at radius 2 is 1.90 bits per heavy atom. The second kappa shape index (κ2) is 8.47. The first-order chi connectivity index (χ1) is 13.9. The summed E-state index contributed by atoms with van der Waals surface area (Å²) in [5, 5.41) is 11.0. The number of Topliss-reactive ketones (excluding diaryl/α,β-unsaturated/α-hetero) is 1. The number of aryl methyl sites for hydroxylation is 1. The molecule has 0 bridgehead atoms. The Morgan fingerprint density at radius 1 is 1.17 bits per heavy atom.